The van der Waals surface area contributed by atoms with E-state index in [-0.39, 0.29) is 24.4 Å². The number of hydrogen-bond acceptors (Lipinski definition) is 6. The Hall–Kier alpha value is -3.62. The van der Waals surface area contributed by atoms with E-state index in [0.717, 1.165) is 23.1 Å². The highest BCUT2D eigenvalue weighted by Crippen LogP contribution is 2.39. The molecule has 0 N–H and O–H groups in total. The minimum atomic E-state index is -0.748. The average molecular weight is 427 g/mol. The molecular weight excluding hydrogens is 405 g/mol. The van der Waals surface area contributed by atoms with Gasteiger partial charge < -0.3 is 18.8 Å². The van der Waals surface area contributed by atoms with Crippen molar-refractivity contribution in [2.75, 3.05) is 20.8 Å². The van der Waals surface area contributed by atoms with Crippen LogP contribution in [-0.4, -0.2) is 41.4 Å². The molecule has 31 heavy (non-hydrogen) atoms. The predicted molar refractivity (Wildman–Crippen MR) is 109 cm³/mol. The van der Waals surface area contributed by atoms with E-state index >= 15 is 0 Å². The third-order valence-corrected chi connectivity index (χ3v) is 5.35. The first-order valence-electron chi connectivity index (χ1n) is 9.85. The van der Waals surface area contributed by atoms with Crippen molar-refractivity contribution in [3.05, 3.63) is 64.4 Å². The summed E-state index contributed by atoms with van der Waals surface area (Å²) >= 11 is 0. The molecule has 2 aromatic carbocycles. The molecule has 8 nitrogen and oxygen atoms in total. The SMILES string of the molecule is COc1ccc(OC)c([C@@H]2CCCN2C(=O)Cn2nc(-c3ccc(F)cc3)oc2=O)c1. The molecule has 1 aromatic heterocycles. The highest BCUT2D eigenvalue weighted by molar-refractivity contribution is 5.77. The molecule has 2 heterocycles. The fourth-order valence-electron chi connectivity index (χ4n) is 3.82. The van der Waals surface area contributed by atoms with E-state index in [1.54, 1.807) is 25.2 Å². The average Bonchev–Trinajstić information content (AvgIpc) is 3.41. The highest BCUT2D eigenvalue weighted by atomic mass is 19.1. The maximum Gasteiger partial charge on any atom is 0.437 e. The first-order valence-corrected chi connectivity index (χ1v) is 9.85. The second kappa shape index (κ2) is 8.63. The molecule has 1 aliphatic heterocycles. The van der Waals surface area contributed by atoms with Gasteiger partial charge >= 0.3 is 5.76 Å². The number of likely N-dealkylation sites (tertiary alicyclic amines) is 1. The molecule has 162 valence electrons. The number of benzene rings is 2. The van der Waals surface area contributed by atoms with Gasteiger partial charge in [0.2, 0.25) is 11.8 Å². The van der Waals surface area contributed by atoms with Crippen molar-refractivity contribution in [3.63, 3.8) is 0 Å². The van der Waals surface area contributed by atoms with E-state index in [4.69, 9.17) is 13.9 Å². The Kier molecular flexibility index (Phi) is 5.75. The number of hydrogen-bond donors (Lipinski definition) is 0. The molecular formula is C22H22FN3O5. The molecule has 1 atom stereocenters. The van der Waals surface area contributed by atoms with Gasteiger partial charge in [0, 0.05) is 17.7 Å². The Labute approximate surface area is 177 Å². The lowest BCUT2D eigenvalue weighted by Crippen LogP contribution is -2.35. The number of carbonyl (C=O) groups is 1. The Balaban J connectivity index is 1.56. The van der Waals surface area contributed by atoms with Gasteiger partial charge in [-0.05, 0) is 55.3 Å². The van der Waals surface area contributed by atoms with Crippen molar-refractivity contribution < 1.29 is 23.1 Å². The number of rotatable bonds is 6. The molecule has 1 aliphatic rings. The number of carbonyl (C=O) groups excluding carboxylic acids is 1. The largest absolute Gasteiger partial charge is 0.497 e. The van der Waals surface area contributed by atoms with E-state index < -0.39 is 11.6 Å². The van der Waals surface area contributed by atoms with Crippen LogP contribution in [0.3, 0.4) is 0 Å². The van der Waals surface area contributed by atoms with Gasteiger partial charge in [0.1, 0.15) is 23.9 Å². The number of methoxy groups -OCH3 is 2. The van der Waals surface area contributed by atoms with Gasteiger partial charge in [-0.15, -0.1) is 5.10 Å². The fraction of sp³-hybridized carbons (Fsp3) is 0.318. The van der Waals surface area contributed by atoms with Crippen LogP contribution in [-0.2, 0) is 11.3 Å². The zero-order chi connectivity index (χ0) is 22.0. The third-order valence-electron chi connectivity index (χ3n) is 5.35. The minimum absolute atomic E-state index is 0.0326. The van der Waals surface area contributed by atoms with Crippen LogP contribution < -0.4 is 15.2 Å². The van der Waals surface area contributed by atoms with E-state index in [2.05, 4.69) is 5.10 Å². The van der Waals surface area contributed by atoms with Crippen molar-refractivity contribution in [2.24, 2.45) is 0 Å². The lowest BCUT2D eigenvalue weighted by Gasteiger charge is -2.26. The fourth-order valence-corrected chi connectivity index (χ4v) is 3.82. The summed E-state index contributed by atoms with van der Waals surface area (Å²) in [6, 6.07) is 10.7. The number of amides is 1. The molecule has 1 fully saturated rings. The molecule has 0 radical (unpaired) electrons. The van der Waals surface area contributed by atoms with Crippen LogP contribution in [0.15, 0.2) is 51.7 Å². The molecule has 0 unspecified atom stereocenters. The van der Waals surface area contributed by atoms with Crippen LogP contribution >= 0.6 is 0 Å². The minimum Gasteiger partial charge on any atom is -0.497 e. The van der Waals surface area contributed by atoms with Crippen LogP contribution in [0.1, 0.15) is 24.4 Å². The standard InChI is InChI=1S/C22H22FN3O5/c1-29-16-9-10-19(30-2)17(12-16)18-4-3-11-25(18)20(27)13-26-22(28)31-21(24-26)14-5-7-15(23)8-6-14/h5-10,12,18H,3-4,11,13H2,1-2H3/t18-/m0/s1. The van der Waals surface area contributed by atoms with Gasteiger partial charge in [-0.2, -0.15) is 4.68 Å². The number of halogens is 1. The summed E-state index contributed by atoms with van der Waals surface area (Å²) in [5, 5.41) is 4.10. The maximum atomic E-state index is 13.1. The predicted octanol–water partition coefficient (Wildman–Crippen LogP) is 3.02. The Bertz CT molecular complexity index is 1140. The maximum absolute atomic E-state index is 13.1. The van der Waals surface area contributed by atoms with Crippen LogP contribution in [0.25, 0.3) is 11.5 Å². The van der Waals surface area contributed by atoms with E-state index in [9.17, 15) is 14.0 Å². The zero-order valence-electron chi connectivity index (χ0n) is 17.2. The number of nitrogens with zero attached hydrogens (tertiary/aromatic N) is 3. The Morgan fingerprint density at radius 2 is 1.97 bits per heavy atom. The zero-order valence-corrected chi connectivity index (χ0v) is 17.2. The van der Waals surface area contributed by atoms with Crippen molar-refractivity contribution in [2.45, 2.75) is 25.4 Å². The summed E-state index contributed by atoms with van der Waals surface area (Å²) in [7, 11) is 3.16. The van der Waals surface area contributed by atoms with Crippen molar-refractivity contribution >= 4 is 5.91 Å². The molecule has 0 bridgehead atoms. The highest BCUT2D eigenvalue weighted by Gasteiger charge is 2.32. The summed E-state index contributed by atoms with van der Waals surface area (Å²) in [6.45, 7) is 0.299. The van der Waals surface area contributed by atoms with Crippen LogP contribution in [0.4, 0.5) is 4.39 Å². The quantitative estimate of drug-likeness (QED) is 0.601. The molecule has 0 spiro atoms. The molecule has 0 saturated carbocycles. The summed E-state index contributed by atoms with van der Waals surface area (Å²) in [5.41, 5.74) is 1.30. The molecule has 1 saturated heterocycles. The van der Waals surface area contributed by atoms with Crippen molar-refractivity contribution in [3.8, 4) is 23.0 Å². The van der Waals surface area contributed by atoms with E-state index in [1.807, 2.05) is 12.1 Å². The number of aromatic nitrogens is 2. The smallest absolute Gasteiger partial charge is 0.437 e. The lowest BCUT2D eigenvalue weighted by atomic mass is 10.0. The van der Waals surface area contributed by atoms with Crippen LogP contribution in [0.2, 0.25) is 0 Å². The summed E-state index contributed by atoms with van der Waals surface area (Å²) < 4.78 is 30.1. The monoisotopic (exact) mass is 427 g/mol. The van der Waals surface area contributed by atoms with Gasteiger partial charge in [-0.1, -0.05) is 0 Å². The van der Waals surface area contributed by atoms with E-state index in [1.165, 1.54) is 24.3 Å². The summed E-state index contributed by atoms with van der Waals surface area (Å²) in [5.74, 6) is -0.0377. The normalized spacial score (nSPS) is 15.8. The molecule has 9 heteroatoms. The van der Waals surface area contributed by atoms with Gasteiger partial charge in [-0.25, -0.2) is 9.18 Å². The van der Waals surface area contributed by atoms with Gasteiger partial charge in [0.15, 0.2) is 0 Å². The molecule has 0 aliphatic carbocycles. The van der Waals surface area contributed by atoms with E-state index in [0.29, 0.717) is 23.6 Å². The van der Waals surface area contributed by atoms with Crippen molar-refractivity contribution in [1.82, 2.24) is 14.7 Å². The second-order valence-corrected chi connectivity index (χ2v) is 7.19. The van der Waals surface area contributed by atoms with Crippen LogP contribution in [0.5, 0.6) is 11.5 Å². The van der Waals surface area contributed by atoms with Crippen LogP contribution in [0, 0.1) is 5.82 Å². The van der Waals surface area contributed by atoms with Gasteiger partial charge in [0.05, 0.1) is 20.3 Å². The van der Waals surface area contributed by atoms with Crippen molar-refractivity contribution in [1.29, 1.82) is 0 Å². The van der Waals surface area contributed by atoms with Gasteiger partial charge in [-0.3, -0.25) is 4.79 Å². The molecule has 1 amide bonds. The molecule has 4 rings (SSSR count). The summed E-state index contributed by atoms with van der Waals surface area (Å²) in [4.78, 5) is 27.0. The third kappa shape index (κ3) is 4.16. The Morgan fingerprint density at radius 1 is 1.19 bits per heavy atom. The topological polar surface area (TPSA) is 86.8 Å². The molecule has 3 aromatic rings. The Morgan fingerprint density at radius 3 is 2.68 bits per heavy atom. The number of ether oxygens (including phenoxy) is 2. The first-order chi connectivity index (χ1) is 15.0. The first kappa shape index (κ1) is 20.6. The van der Waals surface area contributed by atoms with Gasteiger partial charge in [0.25, 0.3) is 0 Å². The lowest BCUT2D eigenvalue weighted by molar-refractivity contribution is -0.133. The second-order valence-electron chi connectivity index (χ2n) is 7.19. The summed E-state index contributed by atoms with van der Waals surface area (Å²) in [6.07, 6.45) is 1.59.